The quantitative estimate of drug-likeness (QED) is 0.496. The zero-order chi connectivity index (χ0) is 21.4. The molecule has 0 saturated heterocycles. The highest BCUT2D eigenvalue weighted by molar-refractivity contribution is 6.11. The average molecular weight is 414 g/mol. The fourth-order valence-electron chi connectivity index (χ4n) is 3.84. The Morgan fingerprint density at radius 1 is 1.19 bits per heavy atom. The number of fused-ring (bicyclic) bond motifs is 1. The first-order chi connectivity index (χ1) is 15.2. The Bertz CT molecular complexity index is 1230. The van der Waals surface area contributed by atoms with E-state index in [1.54, 1.807) is 60.8 Å². The van der Waals surface area contributed by atoms with E-state index in [-0.39, 0.29) is 5.91 Å². The number of nitrogens with one attached hydrogen (secondary N) is 1. The maximum Gasteiger partial charge on any atom is 0.338 e. The van der Waals surface area contributed by atoms with E-state index in [1.165, 1.54) is 0 Å². The minimum Gasteiger partial charge on any atom is -0.463 e. The first-order valence-electron chi connectivity index (χ1n) is 9.82. The Morgan fingerprint density at radius 2 is 2.03 bits per heavy atom. The van der Waals surface area contributed by atoms with E-state index in [0.29, 0.717) is 35.0 Å². The molecule has 1 N–H and O–H groups in total. The van der Waals surface area contributed by atoms with Crippen LogP contribution >= 0.6 is 0 Å². The second-order valence-electron chi connectivity index (χ2n) is 6.97. The summed E-state index contributed by atoms with van der Waals surface area (Å²) in [5.74, 6) is -0.0596. The third kappa shape index (κ3) is 3.09. The predicted octanol–water partition coefficient (Wildman–Crippen LogP) is 3.99. The SMILES string of the molecule is CCOC(=O)c1ccc(N2C(=O)c3n[nH]c(-c4ccco4)c3[C@H]2c2cccnc2)cc1. The number of pyridine rings is 1. The number of carbonyl (C=O) groups is 2. The number of anilines is 1. The van der Waals surface area contributed by atoms with Gasteiger partial charge in [0.15, 0.2) is 11.5 Å². The number of H-pyrrole nitrogens is 1. The van der Waals surface area contributed by atoms with Crippen molar-refractivity contribution < 1.29 is 18.7 Å². The Hall–Kier alpha value is -4.20. The van der Waals surface area contributed by atoms with Crippen LogP contribution in [-0.4, -0.2) is 33.7 Å². The molecule has 0 unspecified atom stereocenters. The smallest absolute Gasteiger partial charge is 0.338 e. The van der Waals surface area contributed by atoms with Crippen LogP contribution in [-0.2, 0) is 4.74 Å². The summed E-state index contributed by atoms with van der Waals surface area (Å²) < 4.78 is 10.6. The number of nitrogens with zero attached hydrogens (tertiary/aromatic N) is 3. The molecule has 0 bridgehead atoms. The second kappa shape index (κ2) is 7.56. The van der Waals surface area contributed by atoms with Gasteiger partial charge in [0.1, 0.15) is 5.69 Å². The number of amides is 1. The molecule has 3 aromatic heterocycles. The van der Waals surface area contributed by atoms with Crippen LogP contribution < -0.4 is 4.90 Å². The Labute approximate surface area is 177 Å². The number of aromatic amines is 1. The van der Waals surface area contributed by atoms with Gasteiger partial charge < -0.3 is 9.15 Å². The van der Waals surface area contributed by atoms with Crippen molar-refractivity contribution in [3.8, 4) is 11.5 Å². The molecular formula is C23H18N4O4. The summed E-state index contributed by atoms with van der Waals surface area (Å²) in [5, 5.41) is 7.23. The van der Waals surface area contributed by atoms with Gasteiger partial charge in [-0.3, -0.25) is 19.8 Å². The molecule has 0 spiro atoms. The molecule has 1 aliphatic heterocycles. The number of furan rings is 1. The Kier molecular flexibility index (Phi) is 4.59. The predicted molar refractivity (Wildman–Crippen MR) is 112 cm³/mol. The van der Waals surface area contributed by atoms with E-state index in [1.807, 2.05) is 18.2 Å². The van der Waals surface area contributed by atoms with Gasteiger partial charge in [-0.1, -0.05) is 6.07 Å². The van der Waals surface area contributed by atoms with E-state index in [9.17, 15) is 9.59 Å². The molecule has 31 heavy (non-hydrogen) atoms. The van der Waals surface area contributed by atoms with Gasteiger partial charge in [0.2, 0.25) is 0 Å². The number of aromatic nitrogens is 3. The van der Waals surface area contributed by atoms with E-state index in [4.69, 9.17) is 9.15 Å². The fourth-order valence-corrected chi connectivity index (χ4v) is 3.84. The molecule has 4 aromatic rings. The minimum absolute atomic E-state index is 0.248. The van der Waals surface area contributed by atoms with Crippen LogP contribution in [0.4, 0.5) is 5.69 Å². The normalized spacial score (nSPS) is 15.2. The van der Waals surface area contributed by atoms with Crippen LogP contribution in [0.15, 0.2) is 71.6 Å². The number of hydrogen-bond donors (Lipinski definition) is 1. The van der Waals surface area contributed by atoms with E-state index < -0.39 is 12.0 Å². The maximum absolute atomic E-state index is 13.4. The fraction of sp³-hybridized carbons (Fsp3) is 0.130. The summed E-state index contributed by atoms with van der Waals surface area (Å²) in [7, 11) is 0. The van der Waals surface area contributed by atoms with Crippen molar-refractivity contribution in [1.29, 1.82) is 0 Å². The van der Waals surface area contributed by atoms with E-state index >= 15 is 0 Å². The third-order valence-corrected chi connectivity index (χ3v) is 5.18. The molecule has 4 heterocycles. The largest absolute Gasteiger partial charge is 0.463 e. The van der Waals surface area contributed by atoms with Gasteiger partial charge in [0.05, 0.1) is 24.5 Å². The summed E-state index contributed by atoms with van der Waals surface area (Å²) in [5.41, 5.74) is 3.59. The third-order valence-electron chi connectivity index (χ3n) is 5.18. The number of ether oxygens (including phenoxy) is 1. The van der Waals surface area contributed by atoms with Crippen LogP contribution in [0.3, 0.4) is 0 Å². The van der Waals surface area contributed by atoms with Crippen LogP contribution in [0.25, 0.3) is 11.5 Å². The molecular weight excluding hydrogens is 396 g/mol. The number of carbonyl (C=O) groups excluding carboxylic acids is 2. The topological polar surface area (TPSA) is 101 Å². The zero-order valence-electron chi connectivity index (χ0n) is 16.6. The standard InChI is InChI=1S/C23H18N4O4/c1-2-30-23(29)14-7-9-16(10-8-14)27-21(15-5-3-11-24-13-15)18-19(17-6-4-12-31-17)25-26-20(18)22(27)28/h3-13,21H,2H2,1H3,(H,25,26)/t21-/m1/s1. The van der Waals surface area contributed by atoms with Crippen molar-refractivity contribution >= 4 is 17.6 Å². The van der Waals surface area contributed by atoms with E-state index in [0.717, 1.165) is 11.1 Å². The summed E-state index contributed by atoms with van der Waals surface area (Å²) in [4.78, 5) is 31.3. The molecule has 0 radical (unpaired) electrons. The lowest BCUT2D eigenvalue weighted by Crippen LogP contribution is -2.29. The molecule has 1 aliphatic rings. The molecule has 154 valence electrons. The van der Waals surface area contributed by atoms with Crippen molar-refractivity contribution in [3.05, 3.63) is 89.6 Å². The first-order valence-corrected chi connectivity index (χ1v) is 9.82. The van der Waals surface area contributed by atoms with Crippen LogP contribution in [0.2, 0.25) is 0 Å². The van der Waals surface area contributed by atoms with Crippen molar-refractivity contribution in [3.63, 3.8) is 0 Å². The van der Waals surface area contributed by atoms with Gasteiger partial charge >= 0.3 is 5.97 Å². The molecule has 0 fully saturated rings. The monoisotopic (exact) mass is 414 g/mol. The van der Waals surface area contributed by atoms with Crippen molar-refractivity contribution in [2.75, 3.05) is 11.5 Å². The lowest BCUT2D eigenvalue weighted by atomic mass is 9.99. The summed E-state index contributed by atoms with van der Waals surface area (Å²) in [6.45, 7) is 2.05. The molecule has 0 saturated carbocycles. The Balaban J connectivity index is 1.62. The number of esters is 1. The van der Waals surface area contributed by atoms with Gasteiger partial charge in [-0.2, -0.15) is 5.10 Å². The molecule has 8 nitrogen and oxygen atoms in total. The van der Waals surface area contributed by atoms with Crippen LogP contribution in [0.5, 0.6) is 0 Å². The van der Waals surface area contributed by atoms with Gasteiger partial charge in [-0.15, -0.1) is 0 Å². The van der Waals surface area contributed by atoms with Gasteiger partial charge in [0.25, 0.3) is 5.91 Å². The summed E-state index contributed by atoms with van der Waals surface area (Å²) in [6, 6.07) is 13.6. The van der Waals surface area contributed by atoms with Crippen LogP contribution in [0.1, 0.15) is 44.9 Å². The van der Waals surface area contributed by atoms with Crippen molar-refractivity contribution in [2.24, 2.45) is 0 Å². The number of benzene rings is 1. The van der Waals surface area contributed by atoms with Crippen molar-refractivity contribution in [2.45, 2.75) is 13.0 Å². The average Bonchev–Trinajstić information content (AvgIpc) is 3.52. The molecule has 1 aromatic carbocycles. The van der Waals surface area contributed by atoms with E-state index in [2.05, 4.69) is 15.2 Å². The Morgan fingerprint density at radius 3 is 2.71 bits per heavy atom. The lowest BCUT2D eigenvalue weighted by molar-refractivity contribution is 0.0526. The lowest BCUT2D eigenvalue weighted by Gasteiger charge is -2.26. The van der Waals surface area contributed by atoms with Crippen molar-refractivity contribution in [1.82, 2.24) is 15.2 Å². The summed E-state index contributed by atoms with van der Waals surface area (Å²) in [6.07, 6.45) is 4.98. The molecule has 8 heteroatoms. The highest BCUT2D eigenvalue weighted by Crippen LogP contribution is 2.44. The molecule has 0 aliphatic carbocycles. The second-order valence-corrected chi connectivity index (χ2v) is 6.97. The van der Waals surface area contributed by atoms with Gasteiger partial charge in [-0.05, 0) is 55.0 Å². The number of rotatable bonds is 5. The first kappa shape index (κ1) is 18.8. The molecule has 1 atom stereocenters. The number of hydrogen-bond acceptors (Lipinski definition) is 6. The van der Waals surface area contributed by atoms with Crippen LogP contribution in [0, 0.1) is 0 Å². The highest BCUT2D eigenvalue weighted by Gasteiger charge is 2.44. The minimum atomic E-state index is -0.455. The molecule has 5 rings (SSSR count). The summed E-state index contributed by atoms with van der Waals surface area (Å²) >= 11 is 0. The highest BCUT2D eigenvalue weighted by atomic mass is 16.5. The zero-order valence-corrected chi connectivity index (χ0v) is 16.6. The molecule has 1 amide bonds. The van der Waals surface area contributed by atoms with Gasteiger partial charge in [0, 0.05) is 23.6 Å². The van der Waals surface area contributed by atoms with Gasteiger partial charge in [-0.25, -0.2) is 4.79 Å². The maximum atomic E-state index is 13.4.